The summed E-state index contributed by atoms with van der Waals surface area (Å²) in [7, 11) is 0. The Labute approximate surface area is 180 Å². The van der Waals surface area contributed by atoms with Crippen LogP contribution in [-0.2, 0) is 21.5 Å². The summed E-state index contributed by atoms with van der Waals surface area (Å²) in [5.41, 5.74) is -1.44. The molecule has 0 aliphatic rings. The monoisotopic (exact) mass is 433 g/mol. The number of aromatic amines is 2. The molecule has 0 radical (unpaired) electrons. The molecule has 1 heterocycles. The zero-order valence-electron chi connectivity index (χ0n) is 18.9. The third kappa shape index (κ3) is 6.19. The van der Waals surface area contributed by atoms with Crippen molar-refractivity contribution in [3.05, 3.63) is 60.8 Å². The minimum Gasteiger partial charge on any atom is -0.508 e. The van der Waals surface area contributed by atoms with Gasteiger partial charge in [-0.05, 0) is 33.9 Å². The number of carbonyl (C=O) groups is 1. The van der Waals surface area contributed by atoms with Crippen molar-refractivity contribution in [3.8, 4) is 5.75 Å². The Morgan fingerprint density at radius 3 is 2.16 bits per heavy atom. The lowest BCUT2D eigenvalue weighted by Crippen LogP contribution is -2.44. The van der Waals surface area contributed by atoms with Crippen LogP contribution >= 0.6 is 0 Å². The SMILES string of the molecule is CC(C)(C)c1cc(C(CC(=O)OCCn2c(=O)[nH]c(=O)[nH]c2=O)C(C)(C)C)ccc1O. The van der Waals surface area contributed by atoms with E-state index >= 15 is 0 Å². The van der Waals surface area contributed by atoms with E-state index in [4.69, 9.17) is 4.74 Å². The number of phenols is 1. The highest BCUT2D eigenvalue weighted by molar-refractivity contribution is 5.70. The van der Waals surface area contributed by atoms with Gasteiger partial charge < -0.3 is 9.84 Å². The Morgan fingerprint density at radius 2 is 1.65 bits per heavy atom. The number of aromatic hydroxyl groups is 1. The van der Waals surface area contributed by atoms with E-state index in [0.29, 0.717) is 0 Å². The molecule has 0 fully saturated rings. The van der Waals surface area contributed by atoms with Crippen LogP contribution in [0.4, 0.5) is 0 Å². The molecular formula is C22H31N3O6. The summed E-state index contributed by atoms with van der Waals surface area (Å²) in [6.07, 6.45) is 0.0920. The average Bonchev–Trinajstić information content (AvgIpc) is 2.60. The molecule has 2 aromatic rings. The molecule has 1 atom stereocenters. The van der Waals surface area contributed by atoms with Crippen molar-refractivity contribution in [1.82, 2.24) is 14.5 Å². The second-order valence-corrected chi connectivity index (χ2v) is 9.71. The molecule has 0 aliphatic carbocycles. The van der Waals surface area contributed by atoms with Crippen LogP contribution in [0.3, 0.4) is 0 Å². The van der Waals surface area contributed by atoms with E-state index in [1.807, 2.05) is 63.6 Å². The van der Waals surface area contributed by atoms with Crippen LogP contribution in [0.25, 0.3) is 0 Å². The predicted octanol–water partition coefficient (Wildman–Crippen LogP) is 1.99. The molecule has 0 bridgehead atoms. The second-order valence-electron chi connectivity index (χ2n) is 9.71. The van der Waals surface area contributed by atoms with Crippen LogP contribution in [0.2, 0.25) is 0 Å². The van der Waals surface area contributed by atoms with Crippen LogP contribution in [0.15, 0.2) is 32.6 Å². The number of esters is 1. The van der Waals surface area contributed by atoms with Gasteiger partial charge >= 0.3 is 23.0 Å². The maximum atomic E-state index is 12.5. The largest absolute Gasteiger partial charge is 0.508 e. The lowest BCUT2D eigenvalue weighted by atomic mass is 9.73. The number of carbonyl (C=O) groups excluding carboxylic acids is 1. The van der Waals surface area contributed by atoms with Gasteiger partial charge in [0.25, 0.3) is 0 Å². The van der Waals surface area contributed by atoms with Gasteiger partial charge in [-0.3, -0.25) is 14.8 Å². The van der Waals surface area contributed by atoms with Crippen molar-refractivity contribution < 1.29 is 14.6 Å². The van der Waals surface area contributed by atoms with Gasteiger partial charge in [-0.1, -0.05) is 53.7 Å². The van der Waals surface area contributed by atoms with Crippen LogP contribution in [0.1, 0.15) is 65.0 Å². The number of ether oxygens (including phenoxy) is 1. The molecule has 170 valence electrons. The highest BCUT2D eigenvalue weighted by Crippen LogP contribution is 2.41. The summed E-state index contributed by atoms with van der Waals surface area (Å²) in [5, 5.41) is 10.3. The lowest BCUT2D eigenvalue weighted by molar-refractivity contribution is -0.145. The van der Waals surface area contributed by atoms with Crippen molar-refractivity contribution in [2.24, 2.45) is 5.41 Å². The number of benzene rings is 1. The summed E-state index contributed by atoms with van der Waals surface area (Å²) < 4.78 is 6.02. The van der Waals surface area contributed by atoms with Crippen LogP contribution in [0, 0.1) is 5.41 Å². The highest BCUT2D eigenvalue weighted by Gasteiger charge is 2.31. The summed E-state index contributed by atoms with van der Waals surface area (Å²) in [6, 6.07) is 5.39. The van der Waals surface area contributed by atoms with Crippen molar-refractivity contribution >= 4 is 5.97 Å². The molecule has 0 amide bonds. The quantitative estimate of drug-likeness (QED) is 0.597. The fourth-order valence-electron chi connectivity index (χ4n) is 3.43. The molecule has 0 spiro atoms. The van der Waals surface area contributed by atoms with E-state index < -0.39 is 23.0 Å². The average molecular weight is 434 g/mol. The van der Waals surface area contributed by atoms with E-state index in [1.54, 1.807) is 6.07 Å². The topological polar surface area (TPSA) is 134 Å². The van der Waals surface area contributed by atoms with Gasteiger partial charge in [0.15, 0.2) is 0 Å². The van der Waals surface area contributed by atoms with Gasteiger partial charge in [0.05, 0.1) is 13.0 Å². The number of phenolic OH excluding ortho intramolecular Hbond substituents is 1. The summed E-state index contributed by atoms with van der Waals surface area (Å²) in [5.74, 6) is -0.442. The number of aromatic nitrogens is 3. The lowest BCUT2D eigenvalue weighted by Gasteiger charge is -2.32. The first kappa shape index (κ1) is 24.2. The number of rotatable bonds is 6. The van der Waals surface area contributed by atoms with Gasteiger partial charge in [-0.25, -0.2) is 19.0 Å². The summed E-state index contributed by atoms with van der Waals surface area (Å²) in [4.78, 5) is 50.9. The smallest absolute Gasteiger partial charge is 0.333 e. The second kappa shape index (κ2) is 8.95. The number of H-pyrrole nitrogens is 2. The minimum atomic E-state index is -0.889. The molecular weight excluding hydrogens is 402 g/mol. The molecule has 0 saturated carbocycles. The fraction of sp³-hybridized carbons (Fsp3) is 0.545. The van der Waals surface area contributed by atoms with Crippen molar-refractivity contribution in [1.29, 1.82) is 0 Å². The Kier molecular flexibility index (Phi) is 6.98. The first-order valence-corrected chi connectivity index (χ1v) is 10.1. The van der Waals surface area contributed by atoms with Gasteiger partial charge in [0, 0.05) is 0 Å². The molecule has 1 unspecified atom stereocenters. The number of nitrogens with one attached hydrogen (secondary N) is 2. The zero-order chi connectivity index (χ0) is 23.6. The van der Waals surface area contributed by atoms with E-state index in [0.717, 1.165) is 15.7 Å². The molecule has 3 N–H and O–H groups in total. The van der Waals surface area contributed by atoms with E-state index in [-0.39, 0.29) is 42.1 Å². The van der Waals surface area contributed by atoms with Gasteiger partial charge in [-0.15, -0.1) is 0 Å². The van der Waals surface area contributed by atoms with Crippen molar-refractivity contribution in [2.45, 2.75) is 65.8 Å². The van der Waals surface area contributed by atoms with E-state index in [1.165, 1.54) is 0 Å². The van der Waals surface area contributed by atoms with Gasteiger partial charge in [0.1, 0.15) is 12.4 Å². The first-order chi connectivity index (χ1) is 14.2. The number of hydrogen-bond donors (Lipinski definition) is 3. The van der Waals surface area contributed by atoms with E-state index in [2.05, 4.69) is 0 Å². The van der Waals surface area contributed by atoms with Gasteiger partial charge in [-0.2, -0.15) is 0 Å². The molecule has 9 nitrogen and oxygen atoms in total. The molecule has 1 aromatic heterocycles. The number of hydrogen-bond acceptors (Lipinski definition) is 6. The normalized spacial score (nSPS) is 13.1. The molecule has 0 aliphatic heterocycles. The maximum Gasteiger partial charge on any atom is 0.333 e. The maximum absolute atomic E-state index is 12.5. The Bertz CT molecular complexity index is 1080. The summed E-state index contributed by atoms with van der Waals surface area (Å²) >= 11 is 0. The first-order valence-electron chi connectivity index (χ1n) is 10.1. The molecule has 9 heteroatoms. The van der Waals surface area contributed by atoms with Crippen molar-refractivity contribution in [3.63, 3.8) is 0 Å². The van der Waals surface area contributed by atoms with Crippen LogP contribution in [0.5, 0.6) is 5.75 Å². The molecule has 2 rings (SSSR count). The van der Waals surface area contributed by atoms with Crippen LogP contribution < -0.4 is 17.1 Å². The third-order valence-electron chi connectivity index (χ3n) is 5.16. The standard InChI is InChI=1S/C22H31N3O6/c1-21(2,3)14(13-7-8-16(26)15(11-13)22(4,5)6)12-17(27)31-10-9-25-19(29)23-18(28)24-20(25)30/h7-8,11,14,26H,9-10,12H2,1-6H3,(H2,23,24,28,29,30). The Hall–Kier alpha value is -3.10. The number of nitrogens with zero attached hydrogens (tertiary/aromatic N) is 1. The summed E-state index contributed by atoms with van der Waals surface area (Å²) in [6.45, 7) is 11.7. The van der Waals surface area contributed by atoms with Crippen molar-refractivity contribution in [2.75, 3.05) is 6.61 Å². The fourth-order valence-corrected chi connectivity index (χ4v) is 3.43. The van der Waals surface area contributed by atoms with Gasteiger partial charge in [0.2, 0.25) is 0 Å². The third-order valence-corrected chi connectivity index (χ3v) is 5.16. The highest BCUT2D eigenvalue weighted by atomic mass is 16.5. The minimum absolute atomic E-state index is 0.0920. The Balaban J connectivity index is 2.16. The molecule has 31 heavy (non-hydrogen) atoms. The predicted molar refractivity (Wildman–Crippen MR) is 117 cm³/mol. The van der Waals surface area contributed by atoms with E-state index in [9.17, 15) is 24.3 Å². The Morgan fingerprint density at radius 1 is 1.06 bits per heavy atom. The molecule has 1 aromatic carbocycles. The molecule has 0 saturated heterocycles. The zero-order valence-corrected chi connectivity index (χ0v) is 18.9. The van der Waals surface area contributed by atoms with Crippen LogP contribution in [-0.4, -0.2) is 32.2 Å².